The zero-order valence-electron chi connectivity index (χ0n) is 5.36. The Balaban J connectivity index is 2.17. The molecule has 0 heterocycles. The number of carbonyl (C=O) groups is 1. The molecule has 0 aromatic carbocycles. The van der Waals surface area contributed by atoms with Gasteiger partial charge >= 0.3 is 0 Å². The number of hydrogen-bond donors (Lipinski definition) is 1. The molecule has 1 saturated carbocycles. The normalized spacial score (nSPS) is 21.1. The van der Waals surface area contributed by atoms with Crippen molar-refractivity contribution >= 4 is 28.5 Å². The topological polar surface area (TPSA) is 29.1 Å². The second-order valence-electron chi connectivity index (χ2n) is 2.40. The first-order valence-electron chi connectivity index (χ1n) is 3.14. The molecule has 2 nitrogen and oxygen atoms in total. The maximum Gasteiger partial charge on any atom is 0.232 e. The van der Waals surface area contributed by atoms with Gasteiger partial charge in [0.25, 0.3) is 0 Å². The summed E-state index contributed by atoms with van der Waals surface area (Å²) in [6, 6.07) is 0.509. The van der Waals surface area contributed by atoms with Crippen LogP contribution in [-0.4, -0.2) is 15.9 Å². The van der Waals surface area contributed by atoms with Crippen molar-refractivity contribution < 1.29 is 4.79 Å². The molecule has 1 amide bonds. The van der Waals surface area contributed by atoms with Crippen LogP contribution in [0.15, 0.2) is 0 Å². The fourth-order valence-corrected chi connectivity index (χ4v) is 0.723. The molecule has 0 aromatic rings. The SMILES string of the molecule is CC(I)C(=O)NC1CC1. The highest BCUT2D eigenvalue weighted by molar-refractivity contribution is 14.1. The largest absolute Gasteiger partial charge is 0.352 e. The van der Waals surface area contributed by atoms with Gasteiger partial charge in [0.15, 0.2) is 0 Å². The number of rotatable bonds is 2. The maximum atomic E-state index is 10.9. The highest BCUT2D eigenvalue weighted by Crippen LogP contribution is 2.19. The van der Waals surface area contributed by atoms with Gasteiger partial charge in [0.05, 0.1) is 3.92 Å². The molecule has 0 aromatic heterocycles. The minimum atomic E-state index is 0.114. The van der Waals surface area contributed by atoms with E-state index in [9.17, 15) is 4.79 Å². The van der Waals surface area contributed by atoms with Gasteiger partial charge in [-0.15, -0.1) is 0 Å². The lowest BCUT2D eigenvalue weighted by Crippen LogP contribution is -2.30. The van der Waals surface area contributed by atoms with E-state index >= 15 is 0 Å². The Kier molecular flexibility index (Phi) is 2.32. The van der Waals surface area contributed by atoms with Gasteiger partial charge in [-0.05, 0) is 19.8 Å². The third kappa shape index (κ3) is 2.51. The third-order valence-corrected chi connectivity index (χ3v) is 1.85. The van der Waals surface area contributed by atoms with E-state index in [2.05, 4.69) is 27.9 Å². The summed E-state index contributed by atoms with van der Waals surface area (Å²) >= 11 is 2.12. The number of hydrogen-bond acceptors (Lipinski definition) is 1. The van der Waals surface area contributed by atoms with Crippen LogP contribution in [0.3, 0.4) is 0 Å². The fraction of sp³-hybridized carbons (Fsp3) is 0.833. The molecule has 0 aliphatic heterocycles. The van der Waals surface area contributed by atoms with Crippen molar-refractivity contribution in [2.45, 2.75) is 29.7 Å². The molecule has 1 rings (SSSR count). The zero-order valence-corrected chi connectivity index (χ0v) is 7.51. The molecule has 1 unspecified atom stereocenters. The van der Waals surface area contributed by atoms with Crippen LogP contribution in [0, 0.1) is 0 Å². The molecule has 0 radical (unpaired) electrons. The van der Waals surface area contributed by atoms with Crippen LogP contribution in [-0.2, 0) is 4.79 Å². The molecule has 0 spiro atoms. The summed E-state index contributed by atoms with van der Waals surface area (Å²) in [4.78, 5) is 10.9. The summed E-state index contributed by atoms with van der Waals surface area (Å²) in [5.41, 5.74) is 0. The summed E-state index contributed by atoms with van der Waals surface area (Å²) in [5.74, 6) is 0.179. The molecular formula is C6H10INO. The molecule has 0 saturated heterocycles. The van der Waals surface area contributed by atoms with Crippen LogP contribution in [0.1, 0.15) is 19.8 Å². The van der Waals surface area contributed by atoms with E-state index in [1.807, 2.05) is 6.92 Å². The molecule has 0 bridgehead atoms. The standard InChI is InChI=1S/C6H10INO/c1-4(7)6(9)8-5-2-3-5/h4-5H,2-3H2,1H3,(H,8,9). The Bertz CT molecular complexity index is 120. The predicted octanol–water partition coefficient (Wildman–Crippen LogP) is 1.09. The quantitative estimate of drug-likeness (QED) is 0.567. The predicted molar refractivity (Wildman–Crippen MR) is 44.6 cm³/mol. The average Bonchev–Trinajstić information content (AvgIpc) is 2.50. The van der Waals surface area contributed by atoms with Crippen molar-refractivity contribution in [3.63, 3.8) is 0 Å². The van der Waals surface area contributed by atoms with Crippen molar-refractivity contribution in [3.8, 4) is 0 Å². The minimum absolute atomic E-state index is 0.114. The van der Waals surface area contributed by atoms with Crippen LogP contribution in [0.25, 0.3) is 0 Å². The van der Waals surface area contributed by atoms with E-state index < -0.39 is 0 Å². The van der Waals surface area contributed by atoms with Crippen LogP contribution in [0.2, 0.25) is 0 Å². The second kappa shape index (κ2) is 2.86. The molecule has 1 aliphatic rings. The zero-order chi connectivity index (χ0) is 6.85. The van der Waals surface area contributed by atoms with E-state index in [0.29, 0.717) is 6.04 Å². The van der Waals surface area contributed by atoms with Gasteiger partial charge in [-0.2, -0.15) is 0 Å². The first kappa shape index (κ1) is 7.31. The molecular weight excluding hydrogens is 229 g/mol. The van der Waals surface area contributed by atoms with Crippen molar-refractivity contribution in [3.05, 3.63) is 0 Å². The lowest BCUT2D eigenvalue weighted by atomic mass is 10.4. The molecule has 1 aliphatic carbocycles. The van der Waals surface area contributed by atoms with Crippen molar-refractivity contribution in [2.24, 2.45) is 0 Å². The molecule has 9 heavy (non-hydrogen) atoms. The Morgan fingerprint density at radius 3 is 2.67 bits per heavy atom. The number of halogens is 1. The smallest absolute Gasteiger partial charge is 0.232 e. The van der Waals surface area contributed by atoms with Crippen molar-refractivity contribution in [2.75, 3.05) is 0 Å². The number of alkyl halides is 1. The van der Waals surface area contributed by atoms with E-state index in [1.54, 1.807) is 0 Å². The Morgan fingerprint density at radius 2 is 2.33 bits per heavy atom. The highest BCUT2D eigenvalue weighted by atomic mass is 127. The molecule has 3 heteroatoms. The average molecular weight is 239 g/mol. The third-order valence-electron chi connectivity index (χ3n) is 1.29. The number of nitrogens with one attached hydrogen (secondary N) is 1. The van der Waals surface area contributed by atoms with Gasteiger partial charge in [-0.25, -0.2) is 0 Å². The summed E-state index contributed by atoms with van der Waals surface area (Å²) < 4.78 is 0.114. The van der Waals surface area contributed by atoms with Gasteiger partial charge in [0.2, 0.25) is 5.91 Å². The molecule has 1 fully saturated rings. The van der Waals surface area contributed by atoms with Gasteiger partial charge in [-0.3, -0.25) is 4.79 Å². The summed E-state index contributed by atoms with van der Waals surface area (Å²) in [5, 5.41) is 2.91. The van der Waals surface area contributed by atoms with Gasteiger partial charge in [0.1, 0.15) is 0 Å². The molecule has 1 atom stereocenters. The van der Waals surface area contributed by atoms with E-state index in [1.165, 1.54) is 12.8 Å². The first-order chi connectivity index (χ1) is 4.20. The van der Waals surface area contributed by atoms with Gasteiger partial charge in [0, 0.05) is 6.04 Å². The van der Waals surface area contributed by atoms with Crippen LogP contribution < -0.4 is 5.32 Å². The van der Waals surface area contributed by atoms with Crippen molar-refractivity contribution in [1.29, 1.82) is 0 Å². The molecule has 1 N–H and O–H groups in total. The maximum absolute atomic E-state index is 10.9. The lowest BCUT2D eigenvalue weighted by Gasteiger charge is -2.02. The van der Waals surface area contributed by atoms with Crippen LogP contribution >= 0.6 is 22.6 Å². The minimum Gasteiger partial charge on any atom is -0.352 e. The van der Waals surface area contributed by atoms with Crippen LogP contribution in [0.5, 0.6) is 0 Å². The summed E-state index contributed by atoms with van der Waals surface area (Å²) in [6.07, 6.45) is 2.35. The fourth-order valence-electron chi connectivity index (χ4n) is 0.544. The number of carbonyl (C=O) groups excluding carboxylic acids is 1. The first-order valence-corrected chi connectivity index (χ1v) is 4.39. The second-order valence-corrected chi connectivity index (χ2v) is 4.27. The lowest BCUT2D eigenvalue weighted by molar-refractivity contribution is -0.120. The monoisotopic (exact) mass is 239 g/mol. The summed E-state index contributed by atoms with van der Waals surface area (Å²) in [6.45, 7) is 1.90. The van der Waals surface area contributed by atoms with Gasteiger partial charge < -0.3 is 5.32 Å². The Hall–Kier alpha value is 0.200. The van der Waals surface area contributed by atoms with E-state index in [4.69, 9.17) is 0 Å². The summed E-state index contributed by atoms with van der Waals surface area (Å²) in [7, 11) is 0. The van der Waals surface area contributed by atoms with E-state index in [-0.39, 0.29) is 9.83 Å². The highest BCUT2D eigenvalue weighted by Gasteiger charge is 2.24. The van der Waals surface area contributed by atoms with E-state index in [0.717, 1.165) is 0 Å². The van der Waals surface area contributed by atoms with Crippen molar-refractivity contribution in [1.82, 2.24) is 5.32 Å². The molecule has 52 valence electrons. The Morgan fingerprint density at radius 1 is 1.78 bits per heavy atom. The van der Waals surface area contributed by atoms with Crippen LogP contribution in [0.4, 0.5) is 0 Å². The Labute approximate surface area is 68.5 Å². The number of amides is 1. The van der Waals surface area contributed by atoms with Gasteiger partial charge in [-0.1, -0.05) is 22.6 Å².